The highest BCUT2D eigenvalue weighted by Crippen LogP contribution is 2.38. The molecule has 2 aromatic rings. The average molecular weight is 435 g/mol. The molecule has 2 aliphatic carbocycles. The summed E-state index contributed by atoms with van der Waals surface area (Å²) in [5.74, 6) is 1.55. The molecule has 1 saturated carbocycles. The van der Waals surface area contributed by atoms with Crippen molar-refractivity contribution in [3.8, 4) is 0 Å². The van der Waals surface area contributed by atoms with Crippen LogP contribution in [0.15, 0.2) is 46.7 Å². The number of nitrogens with zero attached hydrogens (tertiary/aromatic N) is 2. The van der Waals surface area contributed by atoms with Crippen molar-refractivity contribution in [3.05, 3.63) is 47.3 Å². The van der Waals surface area contributed by atoms with Crippen LogP contribution in [0, 0.1) is 11.8 Å². The van der Waals surface area contributed by atoms with Gasteiger partial charge in [-0.2, -0.15) is 0 Å². The molecule has 1 aromatic heterocycles. The van der Waals surface area contributed by atoms with Gasteiger partial charge in [0.2, 0.25) is 0 Å². The molecule has 0 spiro atoms. The minimum absolute atomic E-state index is 0.387. The molecule has 2 heterocycles. The monoisotopic (exact) mass is 434 g/mol. The summed E-state index contributed by atoms with van der Waals surface area (Å²) in [4.78, 5) is 10.6. The van der Waals surface area contributed by atoms with Gasteiger partial charge in [-0.05, 0) is 75.5 Å². The van der Waals surface area contributed by atoms with Crippen LogP contribution in [-0.2, 0) is 6.54 Å². The first-order valence-corrected chi connectivity index (χ1v) is 12.4. The second-order valence-corrected chi connectivity index (χ2v) is 10.2. The van der Waals surface area contributed by atoms with E-state index in [1.54, 1.807) is 0 Å². The summed E-state index contributed by atoms with van der Waals surface area (Å²) in [6, 6.07) is 8.52. The SMILES string of the molecule is CN(C)C1=NC(N)(C2CCC(CNCc3c[nH]c4ccccc34)CC2)NC2=C1CCCC2. The number of nitrogens with two attached hydrogens (primary N) is 1. The molecule has 1 atom stereocenters. The number of hydrogen-bond donors (Lipinski definition) is 4. The normalized spacial score (nSPS) is 28.3. The molecule has 0 radical (unpaired) electrons. The largest absolute Gasteiger partial charge is 0.363 e. The number of H-pyrrole nitrogens is 1. The summed E-state index contributed by atoms with van der Waals surface area (Å²) >= 11 is 0. The number of likely N-dealkylation sites (N-methyl/N-ethyl adjacent to an activating group) is 1. The lowest BCUT2D eigenvalue weighted by molar-refractivity contribution is 0.150. The lowest BCUT2D eigenvalue weighted by Crippen LogP contribution is -2.61. The van der Waals surface area contributed by atoms with Crippen LogP contribution in [0.4, 0.5) is 0 Å². The number of fused-ring (bicyclic) bond motifs is 1. The maximum atomic E-state index is 6.95. The van der Waals surface area contributed by atoms with Crippen LogP contribution in [0.2, 0.25) is 0 Å². The summed E-state index contributed by atoms with van der Waals surface area (Å²) in [7, 11) is 4.19. The summed E-state index contributed by atoms with van der Waals surface area (Å²) in [5, 5.41) is 8.73. The van der Waals surface area contributed by atoms with Gasteiger partial charge in [-0.15, -0.1) is 0 Å². The number of allylic oxidation sites excluding steroid dienone is 1. The fraction of sp³-hybridized carbons (Fsp3) is 0.577. The predicted octanol–water partition coefficient (Wildman–Crippen LogP) is 4.07. The van der Waals surface area contributed by atoms with E-state index in [9.17, 15) is 0 Å². The van der Waals surface area contributed by atoms with Gasteiger partial charge in [0.05, 0.1) is 0 Å². The smallest absolute Gasteiger partial charge is 0.187 e. The summed E-state index contributed by atoms with van der Waals surface area (Å²) in [6.45, 7) is 1.98. The lowest BCUT2D eigenvalue weighted by Gasteiger charge is -2.45. The highest BCUT2D eigenvalue weighted by molar-refractivity contribution is 5.99. The lowest BCUT2D eigenvalue weighted by atomic mass is 9.77. The number of hydrogen-bond acceptors (Lipinski definition) is 5. The fourth-order valence-corrected chi connectivity index (χ4v) is 5.86. The molecular weight excluding hydrogens is 396 g/mol. The quantitative estimate of drug-likeness (QED) is 0.572. The van der Waals surface area contributed by atoms with Crippen molar-refractivity contribution in [2.24, 2.45) is 22.6 Å². The minimum Gasteiger partial charge on any atom is -0.363 e. The van der Waals surface area contributed by atoms with Crippen LogP contribution in [0.1, 0.15) is 56.9 Å². The van der Waals surface area contributed by atoms with Crippen molar-refractivity contribution in [2.75, 3.05) is 20.6 Å². The van der Waals surface area contributed by atoms with Gasteiger partial charge < -0.3 is 20.5 Å². The van der Waals surface area contributed by atoms with Gasteiger partial charge in [0.15, 0.2) is 5.79 Å². The third kappa shape index (κ3) is 4.18. The maximum absolute atomic E-state index is 6.95. The highest BCUT2D eigenvalue weighted by Gasteiger charge is 2.42. The number of aromatic nitrogens is 1. The molecule has 0 amide bonds. The third-order valence-corrected chi connectivity index (χ3v) is 7.70. The zero-order chi connectivity index (χ0) is 22.1. The maximum Gasteiger partial charge on any atom is 0.187 e. The van der Waals surface area contributed by atoms with E-state index in [1.165, 1.54) is 53.4 Å². The number of aromatic amines is 1. The van der Waals surface area contributed by atoms with E-state index in [1.807, 2.05) is 0 Å². The summed E-state index contributed by atoms with van der Waals surface area (Å²) in [6.07, 6.45) is 11.6. The van der Waals surface area contributed by atoms with E-state index < -0.39 is 5.79 Å². The molecule has 3 aliphatic rings. The van der Waals surface area contributed by atoms with Crippen molar-refractivity contribution in [3.63, 3.8) is 0 Å². The van der Waals surface area contributed by atoms with Crippen LogP contribution < -0.4 is 16.4 Å². The van der Waals surface area contributed by atoms with Crippen molar-refractivity contribution in [1.82, 2.24) is 20.5 Å². The average Bonchev–Trinajstić information content (AvgIpc) is 3.22. The van der Waals surface area contributed by atoms with Crippen LogP contribution in [-0.4, -0.2) is 42.1 Å². The Labute approximate surface area is 191 Å². The van der Waals surface area contributed by atoms with Crippen LogP contribution in [0.25, 0.3) is 10.9 Å². The number of benzene rings is 1. The number of rotatable bonds is 5. The van der Waals surface area contributed by atoms with Crippen LogP contribution in [0.5, 0.6) is 0 Å². The highest BCUT2D eigenvalue weighted by atomic mass is 15.3. The van der Waals surface area contributed by atoms with E-state index >= 15 is 0 Å². The second kappa shape index (κ2) is 8.91. The van der Waals surface area contributed by atoms with Gasteiger partial charge in [-0.1, -0.05) is 18.2 Å². The number of amidine groups is 1. The van der Waals surface area contributed by atoms with E-state index in [-0.39, 0.29) is 0 Å². The third-order valence-electron chi connectivity index (χ3n) is 7.70. The Kier molecular flexibility index (Phi) is 5.99. The van der Waals surface area contributed by atoms with E-state index in [4.69, 9.17) is 10.7 Å². The van der Waals surface area contributed by atoms with Gasteiger partial charge in [-0.3, -0.25) is 5.73 Å². The molecule has 0 saturated heterocycles. The molecule has 1 fully saturated rings. The molecule has 0 bridgehead atoms. The Hall–Kier alpha value is -2.31. The Balaban J connectivity index is 1.17. The van der Waals surface area contributed by atoms with Crippen LogP contribution >= 0.6 is 0 Å². The molecule has 1 unspecified atom stereocenters. The van der Waals surface area contributed by atoms with E-state index in [0.717, 1.165) is 44.6 Å². The van der Waals surface area contributed by atoms with Crippen molar-refractivity contribution in [2.45, 2.75) is 63.7 Å². The molecule has 6 nitrogen and oxygen atoms in total. The first-order chi connectivity index (χ1) is 15.5. The summed E-state index contributed by atoms with van der Waals surface area (Å²) in [5.41, 5.74) is 12.3. The predicted molar refractivity (Wildman–Crippen MR) is 132 cm³/mol. The van der Waals surface area contributed by atoms with Crippen molar-refractivity contribution >= 4 is 16.7 Å². The molecule has 32 heavy (non-hydrogen) atoms. The molecule has 5 rings (SSSR count). The first kappa shape index (κ1) is 21.5. The van der Waals surface area contributed by atoms with Gasteiger partial charge in [0.25, 0.3) is 0 Å². The molecule has 5 N–H and O–H groups in total. The van der Waals surface area contributed by atoms with Crippen LogP contribution in [0.3, 0.4) is 0 Å². The van der Waals surface area contributed by atoms with Gasteiger partial charge in [-0.25, -0.2) is 4.99 Å². The Bertz CT molecular complexity index is 1010. The number of aliphatic imine (C=N–C) groups is 1. The van der Waals surface area contributed by atoms with E-state index in [2.05, 4.69) is 65.1 Å². The van der Waals surface area contributed by atoms with Crippen molar-refractivity contribution < 1.29 is 0 Å². The first-order valence-electron chi connectivity index (χ1n) is 12.4. The number of nitrogens with one attached hydrogen (secondary N) is 3. The molecule has 1 aliphatic heterocycles. The second-order valence-electron chi connectivity index (χ2n) is 10.2. The Morgan fingerprint density at radius 1 is 1.12 bits per heavy atom. The molecule has 1 aromatic carbocycles. The minimum atomic E-state index is -0.655. The number of para-hydroxylation sites is 1. The molecule has 6 heteroatoms. The van der Waals surface area contributed by atoms with Gasteiger partial charge in [0.1, 0.15) is 5.84 Å². The van der Waals surface area contributed by atoms with Gasteiger partial charge in [0, 0.05) is 54.9 Å². The Morgan fingerprint density at radius 3 is 2.72 bits per heavy atom. The standard InChI is InChI=1S/C26H38N6/c1-32(2)25-22-8-4-6-10-24(22)30-26(27,31-25)20-13-11-18(12-14-20)15-28-16-19-17-29-23-9-5-3-7-21(19)23/h3,5,7,9,17-18,20,28-30H,4,6,8,10-16,27H2,1-2H3. The summed E-state index contributed by atoms with van der Waals surface area (Å²) < 4.78 is 0. The van der Waals surface area contributed by atoms with Crippen molar-refractivity contribution in [1.29, 1.82) is 0 Å². The van der Waals surface area contributed by atoms with E-state index in [0.29, 0.717) is 11.8 Å². The topological polar surface area (TPSA) is 81.5 Å². The Morgan fingerprint density at radius 2 is 1.91 bits per heavy atom. The fourth-order valence-electron chi connectivity index (χ4n) is 5.86. The zero-order valence-corrected chi connectivity index (χ0v) is 19.6. The molecular formula is C26H38N6. The van der Waals surface area contributed by atoms with Gasteiger partial charge >= 0.3 is 0 Å². The zero-order valence-electron chi connectivity index (χ0n) is 19.6. The molecule has 172 valence electrons.